The van der Waals surface area contributed by atoms with Crippen LogP contribution in [0.4, 0.5) is 0 Å². The number of likely N-dealkylation sites (tertiary alicyclic amines) is 1. The van der Waals surface area contributed by atoms with E-state index in [2.05, 4.69) is 76.4 Å². The molecule has 174 valence electrons. The lowest BCUT2D eigenvalue weighted by Crippen LogP contribution is -2.50. The zero-order valence-electron chi connectivity index (χ0n) is 20.0. The van der Waals surface area contributed by atoms with Gasteiger partial charge in [-0.2, -0.15) is 0 Å². The minimum atomic E-state index is 0.547. The number of nitrogens with one attached hydrogen (secondary N) is 2. The van der Waals surface area contributed by atoms with Crippen LogP contribution in [0.3, 0.4) is 0 Å². The molecular formula is C25H44N6. The van der Waals surface area contributed by atoms with E-state index >= 15 is 0 Å². The number of rotatable bonds is 9. The van der Waals surface area contributed by atoms with E-state index in [1.165, 1.54) is 44.6 Å². The largest absolute Gasteiger partial charge is 0.357 e. The Morgan fingerprint density at radius 2 is 1.68 bits per heavy atom. The summed E-state index contributed by atoms with van der Waals surface area (Å²) in [5, 5.41) is 7.11. The fourth-order valence-electron chi connectivity index (χ4n) is 4.57. The van der Waals surface area contributed by atoms with E-state index in [0.717, 1.165) is 51.6 Å². The maximum absolute atomic E-state index is 4.86. The van der Waals surface area contributed by atoms with Crippen molar-refractivity contribution in [2.24, 2.45) is 4.99 Å². The minimum Gasteiger partial charge on any atom is -0.357 e. The number of piperidine rings is 1. The van der Waals surface area contributed by atoms with Crippen LogP contribution in [-0.2, 0) is 6.54 Å². The van der Waals surface area contributed by atoms with Gasteiger partial charge in [-0.25, -0.2) is 0 Å². The molecule has 3 rings (SSSR count). The number of nitrogens with zero attached hydrogens (tertiary/aromatic N) is 4. The van der Waals surface area contributed by atoms with Crippen molar-refractivity contribution in [3.63, 3.8) is 0 Å². The molecule has 0 aliphatic carbocycles. The van der Waals surface area contributed by atoms with Gasteiger partial charge in [0.25, 0.3) is 0 Å². The molecule has 2 aliphatic rings. The molecule has 0 unspecified atom stereocenters. The third kappa shape index (κ3) is 8.43. The van der Waals surface area contributed by atoms with E-state index in [1.807, 2.05) is 0 Å². The van der Waals surface area contributed by atoms with Gasteiger partial charge >= 0.3 is 0 Å². The maximum atomic E-state index is 4.86. The van der Waals surface area contributed by atoms with E-state index in [4.69, 9.17) is 4.99 Å². The van der Waals surface area contributed by atoms with Crippen molar-refractivity contribution in [3.8, 4) is 0 Å². The first-order valence-corrected chi connectivity index (χ1v) is 12.4. The molecule has 0 amide bonds. The van der Waals surface area contributed by atoms with E-state index in [9.17, 15) is 0 Å². The predicted octanol–water partition coefficient (Wildman–Crippen LogP) is 2.62. The van der Waals surface area contributed by atoms with E-state index < -0.39 is 0 Å². The number of aliphatic imine (C=N–C) groups is 1. The number of hydrogen-bond donors (Lipinski definition) is 2. The Kier molecular flexibility index (Phi) is 10.1. The first-order chi connectivity index (χ1) is 15.1. The molecule has 0 aromatic heterocycles. The van der Waals surface area contributed by atoms with Gasteiger partial charge in [0.1, 0.15) is 0 Å². The van der Waals surface area contributed by atoms with E-state index in [-0.39, 0.29) is 0 Å². The summed E-state index contributed by atoms with van der Waals surface area (Å²) >= 11 is 0. The van der Waals surface area contributed by atoms with Gasteiger partial charge in [-0.3, -0.25) is 9.89 Å². The van der Waals surface area contributed by atoms with Crippen molar-refractivity contribution in [3.05, 3.63) is 35.9 Å². The van der Waals surface area contributed by atoms with Crippen molar-refractivity contribution in [1.29, 1.82) is 0 Å². The summed E-state index contributed by atoms with van der Waals surface area (Å²) < 4.78 is 0. The van der Waals surface area contributed by atoms with Crippen molar-refractivity contribution >= 4 is 5.96 Å². The lowest BCUT2D eigenvalue weighted by atomic mass is 10.0. The third-order valence-electron chi connectivity index (χ3n) is 6.56. The van der Waals surface area contributed by atoms with Crippen LogP contribution >= 0.6 is 0 Å². The second-order valence-electron chi connectivity index (χ2n) is 9.27. The standard InChI is InChI=1S/C25H44N6/c1-4-26-25(28-24-11-15-31(16-12-24)22(2)3)27-13-8-14-29-17-19-30(20-18-29)21-23-9-6-5-7-10-23/h5-7,9-10,22,24H,4,8,11-21H2,1-3H3,(H2,26,27,28). The molecule has 6 nitrogen and oxygen atoms in total. The zero-order chi connectivity index (χ0) is 21.9. The fraction of sp³-hybridized carbons (Fsp3) is 0.720. The fourth-order valence-corrected chi connectivity index (χ4v) is 4.57. The van der Waals surface area contributed by atoms with Crippen LogP contribution < -0.4 is 10.6 Å². The summed E-state index contributed by atoms with van der Waals surface area (Å²) in [7, 11) is 0. The van der Waals surface area contributed by atoms with Gasteiger partial charge in [0.05, 0.1) is 0 Å². The summed E-state index contributed by atoms with van der Waals surface area (Å²) in [5.41, 5.74) is 1.42. The summed E-state index contributed by atoms with van der Waals surface area (Å²) in [5.74, 6) is 0.998. The second-order valence-corrected chi connectivity index (χ2v) is 9.27. The Bertz CT molecular complexity index is 631. The van der Waals surface area contributed by atoms with E-state index in [0.29, 0.717) is 12.1 Å². The molecular weight excluding hydrogens is 384 g/mol. The van der Waals surface area contributed by atoms with Gasteiger partial charge in [0.2, 0.25) is 0 Å². The average Bonchev–Trinajstić information content (AvgIpc) is 2.79. The van der Waals surface area contributed by atoms with Gasteiger partial charge in [-0.1, -0.05) is 30.3 Å². The van der Waals surface area contributed by atoms with E-state index in [1.54, 1.807) is 0 Å². The molecule has 2 heterocycles. The van der Waals surface area contributed by atoms with Crippen molar-refractivity contribution in [1.82, 2.24) is 25.3 Å². The summed E-state index contributed by atoms with van der Waals surface area (Å²) in [6.07, 6.45) is 3.53. The number of hydrogen-bond acceptors (Lipinski definition) is 4. The van der Waals surface area contributed by atoms with Crippen LogP contribution in [0.25, 0.3) is 0 Å². The summed E-state index contributed by atoms with van der Waals surface area (Å²) in [6, 6.07) is 12.0. The number of benzene rings is 1. The molecule has 2 aliphatic heterocycles. The molecule has 0 radical (unpaired) electrons. The first kappa shape index (κ1) is 24.0. The third-order valence-corrected chi connectivity index (χ3v) is 6.56. The normalized spacial score (nSPS) is 20.3. The van der Waals surface area contributed by atoms with Gasteiger partial charge < -0.3 is 20.4 Å². The molecule has 1 aromatic rings. The molecule has 2 N–H and O–H groups in total. The molecule has 0 saturated carbocycles. The Labute approximate surface area is 190 Å². The quantitative estimate of drug-likeness (QED) is 0.360. The molecule has 0 bridgehead atoms. The highest BCUT2D eigenvalue weighted by Crippen LogP contribution is 2.13. The number of piperazine rings is 1. The first-order valence-electron chi connectivity index (χ1n) is 12.4. The lowest BCUT2D eigenvalue weighted by molar-refractivity contribution is 0.127. The molecule has 0 atom stereocenters. The Balaban J connectivity index is 1.32. The molecule has 2 saturated heterocycles. The molecule has 6 heteroatoms. The van der Waals surface area contributed by atoms with Crippen molar-refractivity contribution < 1.29 is 0 Å². The SMILES string of the molecule is CCNC(=NCCCN1CCN(Cc2ccccc2)CC1)NC1CCN(C(C)C)CC1. The predicted molar refractivity (Wildman–Crippen MR) is 132 cm³/mol. The van der Waals surface area contributed by atoms with Gasteiger partial charge in [0, 0.05) is 77.5 Å². The smallest absolute Gasteiger partial charge is 0.191 e. The monoisotopic (exact) mass is 428 g/mol. The highest BCUT2D eigenvalue weighted by molar-refractivity contribution is 5.80. The van der Waals surface area contributed by atoms with Crippen molar-refractivity contribution in [2.45, 2.75) is 58.7 Å². The Morgan fingerprint density at radius 3 is 2.32 bits per heavy atom. The second kappa shape index (κ2) is 13.0. The topological polar surface area (TPSA) is 46.1 Å². The van der Waals surface area contributed by atoms with Gasteiger partial charge in [-0.05, 0) is 45.6 Å². The maximum Gasteiger partial charge on any atom is 0.191 e. The zero-order valence-corrected chi connectivity index (χ0v) is 20.0. The van der Waals surface area contributed by atoms with Crippen LogP contribution in [0, 0.1) is 0 Å². The van der Waals surface area contributed by atoms with Crippen LogP contribution in [0.15, 0.2) is 35.3 Å². The summed E-state index contributed by atoms with van der Waals surface area (Å²) in [4.78, 5) is 12.6. The van der Waals surface area contributed by atoms with Crippen LogP contribution in [0.1, 0.15) is 45.6 Å². The highest BCUT2D eigenvalue weighted by Gasteiger charge is 2.21. The van der Waals surface area contributed by atoms with Gasteiger partial charge in [0.15, 0.2) is 5.96 Å². The Hall–Kier alpha value is -1.63. The Morgan fingerprint density at radius 1 is 1.00 bits per heavy atom. The molecule has 0 spiro atoms. The lowest BCUT2D eigenvalue weighted by Gasteiger charge is -2.35. The molecule has 1 aromatic carbocycles. The van der Waals surface area contributed by atoms with Gasteiger partial charge in [-0.15, -0.1) is 0 Å². The van der Waals surface area contributed by atoms with Crippen LogP contribution in [-0.4, -0.2) is 91.6 Å². The average molecular weight is 429 g/mol. The molecule has 31 heavy (non-hydrogen) atoms. The van der Waals surface area contributed by atoms with Crippen molar-refractivity contribution in [2.75, 3.05) is 58.9 Å². The van der Waals surface area contributed by atoms with Crippen LogP contribution in [0.2, 0.25) is 0 Å². The minimum absolute atomic E-state index is 0.547. The highest BCUT2D eigenvalue weighted by atomic mass is 15.3. The molecule has 2 fully saturated rings. The number of guanidine groups is 1. The van der Waals surface area contributed by atoms with Crippen LogP contribution in [0.5, 0.6) is 0 Å². The summed E-state index contributed by atoms with van der Waals surface area (Å²) in [6.45, 7) is 17.8.